The van der Waals surface area contributed by atoms with Crippen LogP contribution in [0.15, 0.2) is 70.1 Å². The summed E-state index contributed by atoms with van der Waals surface area (Å²) in [6, 6.07) is 17.7. The number of tetrazole rings is 1. The number of benzene rings is 2. The molecule has 0 atom stereocenters. The van der Waals surface area contributed by atoms with E-state index < -0.39 is 0 Å². The number of H-pyrrole nitrogens is 1. The second-order valence-electron chi connectivity index (χ2n) is 8.97. The number of hydrogen-bond donors (Lipinski definition) is 1. The molecular formula is C27H28N6O3. The van der Waals surface area contributed by atoms with Crippen molar-refractivity contribution in [1.29, 1.82) is 0 Å². The first-order chi connectivity index (χ1) is 17.5. The molecule has 0 saturated carbocycles. The summed E-state index contributed by atoms with van der Waals surface area (Å²) < 4.78 is 12.6. The zero-order valence-electron chi connectivity index (χ0n) is 20.6. The summed E-state index contributed by atoms with van der Waals surface area (Å²) in [5, 5.41) is 13.4. The van der Waals surface area contributed by atoms with Crippen LogP contribution in [0.2, 0.25) is 0 Å². The van der Waals surface area contributed by atoms with Crippen LogP contribution in [0.25, 0.3) is 10.9 Å². The Balaban J connectivity index is 1.41. The fourth-order valence-corrected chi connectivity index (χ4v) is 4.23. The average molecular weight is 485 g/mol. The molecule has 0 saturated heterocycles. The molecule has 5 rings (SSSR count). The smallest absolute Gasteiger partial charge is 0.252 e. The first-order valence-corrected chi connectivity index (χ1v) is 11.7. The molecule has 9 heteroatoms. The molecule has 5 aromatic rings. The zero-order chi connectivity index (χ0) is 25.1. The standard InChI is InChI=1S/C27H28N6O3/c1-18-11-21-13-22(27(34)28-25(21)12-19(18)2)15-32(16-24-5-4-10-36-24)17-26-29-30-31-33(26)14-20-6-8-23(35-3)9-7-20/h4-13H,14-17H2,1-3H3,(H,28,34). The predicted molar refractivity (Wildman–Crippen MR) is 136 cm³/mol. The number of aromatic amines is 1. The number of fused-ring (bicyclic) bond motifs is 1. The number of methoxy groups -OCH3 is 1. The van der Waals surface area contributed by atoms with Crippen molar-refractivity contribution in [2.75, 3.05) is 7.11 Å². The van der Waals surface area contributed by atoms with Gasteiger partial charge in [0.25, 0.3) is 5.56 Å². The van der Waals surface area contributed by atoms with E-state index in [9.17, 15) is 4.79 Å². The molecule has 3 aromatic heterocycles. The highest BCUT2D eigenvalue weighted by molar-refractivity contribution is 5.80. The lowest BCUT2D eigenvalue weighted by molar-refractivity contribution is 0.217. The van der Waals surface area contributed by atoms with Crippen LogP contribution in [-0.2, 0) is 26.2 Å². The van der Waals surface area contributed by atoms with Gasteiger partial charge in [-0.2, -0.15) is 0 Å². The maximum absolute atomic E-state index is 13.0. The van der Waals surface area contributed by atoms with Crippen molar-refractivity contribution in [2.24, 2.45) is 0 Å². The fraction of sp³-hybridized carbons (Fsp3) is 0.259. The number of rotatable bonds is 9. The predicted octanol–water partition coefficient (Wildman–Crippen LogP) is 3.98. The fourth-order valence-electron chi connectivity index (χ4n) is 4.23. The van der Waals surface area contributed by atoms with Crippen molar-refractivity contribution in [3.8, 4) is 5.75 Å². The number of aryl methyl sites for hydroxylation is 2. The SMILES string of the molecule is COc1ccc(Cn2nnnc2CN(Cc2ccco2)Cc2cc3cc(C)c(C)cc3[nH]c2=O)cc1. The lowest BCUT2D eigenvalue weighted by Crippen LogP contribution is -2.28. The van der Waals surface area contributed by atoms with E-state index in [2.05, 4.69) is 38.4 Å². The topological polar surface area (TPSA) is 102 Å². The second kappa shape index (κ2) is 10.2. The lowest BCUT2D eigenvalue weighted by Gasteiger charge is -2.21. The summed E-state index contributed by atoms with van der Waals surface area (Å²) in [7, 11) is 1.64. The Kier molecular flexibility index (Phi) is 6.64. The molecule has 36 heavy (non-hydrogen) atoms. The first-order valence-electron chi connectivity index (χ1n) is 11.7. The maximum atomic E-state index is 13.0. The molecule has 184 valence electrons. The number of ether oxygens (including phenoxy) is 1. The second-order valence-corrected chi connectivity index (χ2v) is 8.97. The third kappa shape index (κ3) is 5.21. The highest BCUT2D eigenvalue weighted by Crippen LogP contribution is 2.19. The molecule has 0 radical (unpaired) electrons. The minimum atomic E-state index is -0.104. The summed E-state index contributed by atoms with van der Waals surface area (Å²) in [6.07, 6.45) is 1.65. The van der Waals surface area contributed by atoms with E-state index in [0.717, 1.165) is 33.5 Å². The summed E-state index contributed by atoms with van der Waals surface area (Å²) in [6.45, 7) is 6.00. The van der Waals surface area contributed by atoms with Crippen LogP contribution in [0, 0.1) is 13.8 Å². The molecule has 0 amide bonds. The minimum Gasteiger partial charge on any atom is -0.497 e. The van der Waals surface area contributed by atoms with Gasteiger partial charge in [-0.15, -0.1) is 5.10 Å². The summed E-state index contributed by atoms with van der Waals surface area (Å²) in [5.41, 5.74) is 4.80. The Morgan fingerprint density at radius 3 is 2.58 bits per heavy atom. The quantitative estimate of drug-likeness (QED) is 0.338. The lowest BCUT2D eigenvalue weighted by atomic mass is 10.0. The van der Waals surface area contributed by atoms with Crippen LogP contribution < -0.4 is 10.3 Å². The number of aromatic nitrogens is 5. The van der Waals surface area contributed by atoms with Gasteiger partial charge in [0.2, 0.25) is 0 Å². The molecule has 0 aliphatic heterocycles. The molecule has 1 N–H and O–H groups in total. The third-order valence-electron chi connectivity index (χ3n) is 6.35. The van der Waals surface area contributed by atoms with Gasteiger partial charge in [-0.3, -0.25) is 9.69 Å². The number of furan rings is 1. The van der Waals surface area contributed by atoms with Gasteiger partial charge in [-0.05, 0) is 88.8 Å². The van der Waals surface area contributed by atoms with E-state index >= 15 is 0 Å². The average Bonchev–Trinajstić information content (AvgIpc) is 3.54. The van der Waals surface area contributed by atoms with Gasteiger partial charge in [0.05, 0.1) is 33.0 Å². The van der Waals surface area contributed by atoms with Gasteiger partial charge in [0.1, 0.15) is 11.5 Å². The molecule has 0 aliphatic rings. The molecule has 3 heterocycles. The maximum Gasteiger partial charge on any atom is 0.252 e. The molecule has 0 bridgehead atoms. The van der Waals surface area contributed by atoms with E-state index in [1.54, 1.807) is 18.1 Å². The van der Waals surface area contributed by atoms with Crippen LogP contribution in [0.5, 0.6) is 5.75 Å². The van der Waals surface area contributed by atoms with Gasteiger partial charge in [0.15, 0.2) is 5.82 Å². The van der Waals surface area contributed by atoms with Crippen LogP contribution in [0.3, 0.4) is 0 Å². The number of hydrogen-bond acceptors (Lipinski definition) is 7. The van der Waals surface area contributed by atoms with Crippen LogP contribution in [0.1, 0.15) is 33.8 Å². The van der Waals surface area contributed by atoms with Gasteiger partial charge in [-0.1, -0.05) is 12.1 Å². The Labute approximate surface area is 208 Å². The molecule has 0 fully saturated rings. The van der Waals surface area contributed by atoms with Gasteiger partial charge < -0.3 is 14.1 Å². The van der Waals surface area contributed by atoms with Crippen LogP contribution >= 0.6 is 0 Å². The first kappa shape index (κ1) is 23.5. The normalized spacial score (nSPS) is 11.4. The van der Waals surface area contributed by atoms with Crippen LogP contribution in [0.4, 0.5) is 0 Å². The van der Waals surface area contributed by atoms with Crippen molar-refractivity contribution in [3.05, 3.63) is 105 Å². The van der Waals surface area contributed by atoms with Gasteiger partial charge in [-0.25, -0.2) is 4.68 Å². The molecule has 0 aliphatic carbocycles. The van der Waals surface area contributed by atoms with Crippen LogP contribution in [-0.4, -0.2) is 37.2 Å². The van der Waals surface area contributed by atoms with Gasteiger partial charge >= 0.3 is 0 Å². The molecule has 9 nitrogen and oxygen atoms in total. The van der Waals surface area contributed by atoms with E-state index in [1.165, 1.54) is 5.56 Å². The van der Waals surface area contributed by atoms with E-state index in [4.69, 9.17) is 9.15 Å². The van der Waals surface area contributed by atoms with Crippen molar-refractivity contribution in [3.63, 3.8) is 0 Å². The molecule has 2 aromatic carbocycles. The van der Waals surface area contributed by atoms with Crippen molar-refractivity contribution < 1.29 is 9.15 Å². The Hall–Kier alpha value is -4.24. The van der Waals surface area contributed by atoms with E-state index in [1.807, 2.05) is 55.5 Å². The Bertz CT molecular complexity index is 1520. The molecule has 0 spiro atoms. The molecule has 0 unspecified atom stereocenters. The Morgan fingerprint density at radius 2 is 1.83 bits per heavy atom. The van der Waals surface area contributed by atoms with Crippen molar-refractivity contribution in [2.45, 2.75) is 40.0 Å². The van der Waals surface area contributed by atoms with E-state index in [-0.39, 0.29) is 5.56 Å². The largest absolute Gasteiger partial charge is 0.497 e. The molecular weight excluding hydrogens is 456 g/mol. The number of nitrogens with zero attached hydrogens (tertiary/aromatic N) is 5. The summed E-state index contributed by atoms with van der Waals surface area (Å²) in [4.78, 5) is 18.1. The number of nitrogens with one attached hydrogen (secondary N) is 1. The van der Waals surface area contributed by atoms with Gasteiger partial charge in [0, 0.05) is 17.6 Å². The van der Waals surface area contributed by atoms with E-state index in [0.29, 0.717) is 37.6 Å². The monoisotopic (exact) mass is 484 g/mol. The number of pyridine rings is 1. The Morgan fingerprint density at radius 1 is 1.03 bits per heavy atom. The minimum absolute atomic E-state index is 0.104. The highest BCUT2D eigenvalue weighted by atomic mass is 16.5. The summed E-state index contributed by atoms with van der Waals surface area (Å²) in [5.74, 6) is 2.29. The zero-order valence-corrected chi connectivity index (χ0v) is 20.6. The summed E-state index contributed by atoms with van der Waals surface area (Å²) >= 11 is 0. The van der Waals surface area contributed by atoms with Crippen molar-refractivity contribution in [1.82, 2.24) is 30.1 Å². The third-order valence-corrected chi connectivity index (χ3v) is 6.35. The van der Waals surface area contributed by atoms with Crippen molar-refractivity contribution >= 4 is 10.9 Å². The highest BCUT2D eigenvalue weighted by Gasteiger charge is 2.17.